The zero-order valence-electron chi connectivity index (χ0n) is 16.6. The van der Waals surface area contributed by atoms with E-state index in [0.29, 0.717) is 11.4 Å². The molecule has 0 aliphatic heterocycles. The number of hydrogen-bond donors (Lipinski definition) is 0. The predicted molar refractivity (Wildman–Crippen MR) is 100.0 cm³/mol. The molecule has 0 amide bonds. The minimum Gasteiger partial charge on any atom is -0.439 e. The molecule has 2 unspecified atom stereocenters. The third-order valence-corrected chi connectivity index (χ3v) is 5.73. The molecule has 1 aromatic heterocycles. The maximum absolute atomic E-state index is 13.0. The van der Waals surface area contributed by atoms with Crippen LogP contribution in [0.1, 0.15) is 19.5 Å². The number of nitriles is 1. The number of hydrogen-bond acceptors (Lipinski definition) is 3. The first-order valence-corrected chi connectivity index (χ1v) is 9.27. The lowest BCUT2D eigenvalue weighted by molar-refractivity contribution is -0.172. The molecule has 0 radical (unpaired) electrons. The minimum atomic E-state index is -5.57. The van der Waals surface area contributed by atoms with Crippen molar-refractivity contribution in [3.05, 3.63) is 65.9 Å². The average molecular weight is 440 g/mol. The van der Waals surface area contributed by atoms with Crippen LogP contribution in [-0.4, -0.2) is 17.3 Å². The summed E-state index contributed by atoms with van der Waals surface area (Å²) in [6, 6.07) is 15.4. The van der Waals surface area contributed by atoms with Crippen molar-refractivity contribution in [1.82, 2.24) is 4.98 Å². The van der Waals surface area contributed by atoms with Gasteiger partial charge in [0, 0.05) is 24.1 Å². The summed E-state index contributed by atoms with van der Waals surface area (Å²) in [6.45, 7) is 2.96. The standard InChI is InChI=1S/C22H18F6N2O/c1-19(2)16(11-17(21(23,24)25)22(26,27)28)20(19,13-29)12-14-7-6-10-18(30-14)31-15-8-4-3-5-9-15/h3-11,16H,12H2,1-2H3. The Bertz CT molecular complexity index is 1000. The third-order valence-electron chi connectivity index (χ3n) is 5.73. The van der Waals surface area contributed by atoms with Gasteiger partial charge in [-0.15, -0.1) is 0 Å². The first kappa shape index (κ1) is 22.7. The summed E-state index contributed by atoms with van der Waals surface area (Å²) >= 11 is 0. The van der Waals surface area contributed by atoms with Crippen LogP contribution < -0.4 is 4.74 Å². The molecule has 31 heavy (non-hydrogen) atoms. The van der Waals surface area contributed by atoms with Crippen LogP contribution >= 0.6 is 0 Å². The number of rotatable bonds is 5. The fourth-order valence-corrected chi connectivity index (χ4v) is 3.86. The van der Waals surface area contributed by atoms with E-state index in [0.717, 1.165) is 0 Å². The Morgan fingerprint density at radius 3 is 2.19 bits per heavy atom. The number of ether oxygens (including phenoxy) is 1. The average Bonchev–Trinajstić information content (AvgIpc) is 3.12. The van der Waals surface area contributed by atoms with Crippen LogP contribution in [0.2, 0.25) is 0 Å². The lowest BCUT2D eigenvalue weighted by Gasteiger charge is -2.15. The second-order valence-electron chi connectivity index (χ2n) is 7.92. The fraction of sp³-hybridized carbons (Fsp3) is 0.364. The normalized spacial score (nSPS) is 22.4. The fourth-order valence-electron chi connectivity index (χ4n) is 3.86. The second kappa shape index (κ2) is 7.59. The van der Waals surface area contributed by atoms with E-state index in [4.69, 9.17) is 4.74 Å². The zero-order chi connectivity index (χ0) is 23.1. The lowest BCUT2D eigenvalue weighted by atomic mass is 9.92. The molecule has 3 rings (SSSR count). The number of halogens is 6. The minimum absolute atomic E-state index is 0.118. The first-order valence-electron chi connectivity index (χ1n) is 9.27. The van der Waals surface area contributed by atoms with Gasteiger partial charge in [-0.1, -0.05) is 44.2 Å². The van der Waals surface area contributed by atoms with Gasteiger partial charge in [0.05, 0.1) is 11.5 Å². The molecule has 2 atom stereocenters. The smallest absolute Gasteiger partial charge is 0.421 e. The third kappa shape index (κ3) is 4.38. The van der Waals surface area contributed by atoms with E-state index in [1.54, 1.807) is 48.5 Å². The molecular weight excluding hydrogens is 422 g/mol. The number of pyridine rings is 1. The lowest BCUT2D eigenvalue weighted by Crippen LogP contribution is -2.26. The van der Waals surface area contributed by atoms with E-state index in [1.165, 1.54) is 13.8 Å². The van der Waals surface area contributed by atoms with Gasteiger partial charge in [0.25, 0.3) is 0 Å². The van der Waals surface area contributed by atoms with E-state index in [-0.39, 0.29) is 18.4 Å². The first-order chi connectivity index (χ1) is 14.3. The Kier molecular flexibility index (Phi) is 5.55. The van der Waals surface area contributed by atoms with Gasteiger partial charge >= 0.3 is 12.4 Å². The number of alkyl halides is 6. The summed E-state index contributed by atoms with van der Waals surface area (Å²) in [5, 5.41) is 9.75. The molecule has 164 valence electrons. The molecule has 3 nitrogen and oxygen atoms in total. The van der Waals surface area contributed by atoms with E-state index >= 15 is 0 Å². The molecule has 1 aliphatic rings. The molecule has 0 saturated heterocycles. The van der Waals surface area contributed by atoms with Gasteiger partial charge in [-0.25, -0.2) is 4.98 Å². The van der Waals surface area contributed by atoms with Crippen LogP contribution in [0.15, 0.2) is 60.2 Å². The van der Waals surface area contributed by atoms with Crippen LogP contribution in [-0.2, 0) is 6.42 Å². The predicted octanol–water partition coefficient (Wildman–Crippen LogP) is 6.63. The number of benzene rings is 1. The molecule has 1 heterocycles. The molecular formula is C22H18F6N2O. The molecule has 0 bridgehead atoms. The van der Waals surface area contributed by atoms with Crippen molar-refractivity contribution in [2.45, 2.75) is 32.6 Å². The van der Waals surface area contributed by atoms with Crippen LogP contribution in [0.4, 0.5) is 26.3 Å². The second-order valence-corrected chi connectivity index (χ2v) is 7.92. The van der Waals surface area contributed by atoms with Crippen molar-refractivity contribution in [3.8, 4) is 17.7 Å². The van der Waals surface area contributed by atoms with E-state index in [2.05, 4.69) is 4.98 Å². The highest BCUT2D eigenvalue weighted by molar-refractivity contribution is 5.38. The van der Waals surface area contributed by atoms with Gasteiger partial charge in [-0.2, -0.15) is 31.6 Å². The Morgan fingerprint density at radius 1 is 1.03 bits per heavy atom. The van der Waals surface area contributed by atoms with E-state index < -0.39 is 34.7 Å². The van der Waals surface area contributed by atoms with E-state index in [1.807, 2.05) is 6.07 Å². The molecule has 1 fully saturated rings. The van der Waals surface area contributed by atoms with Crippen LogP contribution in [0, 0.1) is 28.1 Å². The Morgan fingerprint density at radius 2 is 1.65 bits per heavy atom. The summed E-state index contributed by atoms with van der Waals surface area (Å²) in [5.41, 5.74) is -4.84. The van der Waals surface area contributed by atoms with Crippen molar-refractivity contribution in [1.29, 1.82) is 5.26 Å². The van der Waals surface area contributed by atoms with Gasteiger partial charge in [-0.3, -0.25) is 0 Å². The number of aromatic nitrogens is 1. The monoisotopic (exact) mass is 440 g/mol. The summed E-state index contributed by atoms with van der Waals surface area (Å²) < 4.78 is 83.6. The van der Waals surface area contributed by atoms with Crippen molar-refractivity contribution < 1.29 is 31.1 Å². The molecule has 9 heteroatoms. The quantitative estimate of drug-likeness (QED) is 0.387. The molecule has 1 aliphatic carbocycles. The van der Waals surface area contributed by atoms with Crippen molar-refractivity contribution >= 4 is 0 Å². The van der Waals surface area contributed by atoms with Gasteiger partial charge in [0.2, 0.25) is 5.88 Å². The number of para-hydroxylation sites is 1. The Hall–Kier alpha value is -3.02. The van der Waals surface area contributed by atoms with Crippen molar-refractivity contribution in [2.75, 3.05) is 0 Å². The van der Waals surface area contributed by atoms with Crippen LogP contribution in [0.5, 0.6) is 11.6 Å². The topological polar surface area (TPSA) is 45.9 Å². The highest BCUT2D eigenvalue weighted by atomic mass is 19.4. The van der Waals surface area contributed by atoms with E-state index in [9.17, 15) is 31.6 Å². The van der Waals surface area contributed by atoms with Crippen LogP contribution in [0.25, 0.3) is 0 Å². The molecule has 1 saturated carbocycles. The van der Waals surface area contributed by atoms with Gasteiger partial charge < -0.3 is 4.74 Å². The maximum Gasteiger partial charge on any atom is 0.421 e. The van der Waals surface area contributed by atoms with Gasteiger partial charge in [-0.05, 0) is 23.6 Å². The maximum atomic E-state index is 13.0. The van der Waals surface area contributed by atoms with Gasteiger partial charge in [0.1, 0.15) is 11.3 Å². The summed E-state index contributed by atoms with van der Waals surface area (Å²) in [5.74, 6) is -0.535. The summed E-state index contributed by atoms with van der Waals surface area (Å²) in [6.07, 6.45) is -11.1. The summed E-state index contributed by atoms with van der Waals surface area (Å²) in [7, 11) is 0. The number of nitrogens with zero attached hydrogens (tertiary/aromatic N) is 2. The molecule has 1 aromatic carbocycles. The molecule has 0 N–H and O–H groups in total. The summed E-state index contributed by atoms with van der Waals surface area (Å²) in [4.78, 5) is 4.28. The molecule has 2 aromatic rings. The van der Waals surface area contributed by atoms with Crippen LogP contribution in [0.3, 0.4) is 0 Å². The largest absolute Gasteiger partial charge is 0.439 e. The Labute approximate surface area is 175 Å². The highest BCUT2D eigenvalue weighted by Gasteiger charge is 2.72. The Balaban J connectivity index is 1.90. The molecule has 0 spiro atoms. The van der Waals surface area contributed by atoms with Crippen molar-refractivity contribution in [2.24, 2.45) is 16.7 Å². The van der Waals surface area contributed by atoms with Gasteiger partial charge in [0.15, 0.2) is 0 Å². The number of allylic oxidation sites excluding steroid dienone is 2. The highest BCUT2D eigenvalue weighted by Crippen LogP contribution is 2.71. The SMILES string of the molecule is CC1(C)C(C=C(C(F)(F)F)C(F)(F)F)C1(C#N)Cc1cccc(Oc2ccccc2)n1. The zero-order valence-corrected chi connectivity index (χ0v) is 16.6. The van der Waals surface area contributed by atoms with Crippen molar-refractivity contribution in [3.63, 3.8) is 0 Å².